The second-order valence-corrected chi connectivity index (χ2v) is 5.99. The number of methoxy groups -OCH3 is 1. The molecule has 3 rings (SSSR count). The summed E-state index contributed by atoms with van der Waals surface area (Å²) in [4.78, 5) is 16.1. The summed E-state index contributed by atoms with van der Waals surface area (Å²) in [6, 6.07) is 12.9. The predicted octanol–water partition coefficient (Wildman–Crippen LogP) is 4.54. The molecule has 6 heteroatoms. The van der Waals surface area contributed by atoms with Crippen LogP contribution in [0.4, 0.5) is 0 Å². The highest BCUT2D eigenvalue weighted by atomic mass is 16.5. The van der Waals surface area contributed by atoms with Crippen molar-refractivity contribution in [3.8, 4) is 23.0 Å². The first-order chi connectivity index (χ1) is 13.6. The average Bonchev–Trinajstić information content (AvgIpc) is 2.68. The van der Waals surface area contributed by atoms with Gasteiger partial charge in [0.2, 0.25) is 0 Å². The van der Waals surface area contributed by atoms with Crippen molar-refractivity contribution in [2.24, 2.45) is 0 Å². The summed E-state index contributed by atoms with van der Waals surface area (Å²) in [5.41, 5.74) is 1.56. The minimum Gasteiger partial charge on any atom is -0.493 e. The number of carbonyl (C=O) groups is 1. The van der Waals surface area contributed by atoms with E-state index >= 15 is 0 Å². The molecule has 0 unspecified atom stereocenters. The fourth-order valence-corrected chi connectivity index (χ4v) is 2.87. The van der Waals surface area contributed by atoms with Crippen LogP contribution in [0, 0.1) is 0 Å². The number of ether oxygens (including phenoxy) is 4. The van der Waals surface area contributed by atoms with Crippen LogP contribution >= 0.6 is 0 Å². The highest BCUT2D eigenvalue weighted by Crippen LogP contribution is 2.37. The van der Waals surface area contributed by atoms with E-state index in [0.717, 1.165) is 16.5 Å². The van der Waals surface area contributed by atoms with Gasteiger partial charge < -0.3 is 18.9 Å². The number of esters is 1. The fraction of sp³-hybridized carbons (Fsp3) is 0.273. The van der Waals surface area contributed by atoms with Gasteiger partial charge in [-0.1, -0.05) is 12.1 Å². The normalized spacial score (nSPS) is 10.5. The zero-order valence-corrected chi connectivity index (χ0v) is 16.2. The van der Waals surface area contributed by atoms with Crippen LogP contribution in [0.2, 0.25) is 0 Å². The molecule has 0 aliphatic heterocycles. The number of aromatic nitrogens is 1. The Kier molecular flexibility index (Phi) is 6.32. The summed E-state index contributed by atoms with van der Waals surface area (Å²) in [6.45, 7) is 4.59. The molecular formula is C22H23NO5. The Morgan fingerprint density at radius 1 is 1.00 bits per heavy atom. The lowest BCUT2D eigenvalue weighted by atomic mass is 10.1. The highest BCUT2D eigenvalue weighted by molar-refractivity contribution is 5.88. The Morgan fingerprint density at radius 3 is 2.61 bits per heavy atom. The molecule has 1 heterocycles. The lowest BCUT2D eigenvalue weighted by Gasteiger charge is -2.13. The van der Waals surface area contributed by atoms with E-state index in [4.69, 9.17) is 18.9 Å². The molecule has 0 N–H and O–H groups in total. The molecule has 0 amide bonds. The Bertz CT molecular complexity index is 970. The van der Waals surface area contributed by atoms with Crippen molar-refractivity contribution in [3.63, 3.8) is 0 Å². The van der Waals surface area contributed by atoms with E-state index in [2.05, 4.69) is 4.98 Å². The standard InChI is InChI=1S/C22H23NO5/c1-4-26-21-13-17-18(14-20(21)25-3)23-10-9-19(17)28-16-8-6-7-15(11-16)12-22(24)27-5-2/h6-11,13-14H,4-5,12H2,1-3H3. The fourth-order valence-electron chi connectivity index (χ4n) is 2.87. The number of fused-ring (bicyclic) bond motifs is 1. The molecule has 0 aliphatic rings. The first-order valence-electron chi connectivity index (χ1n) is 9.16. The minimum atomic E-state index is -0.262. The number of pyridine rings is 1. The number of nitrogens with zero attached hydrogens (tertiary/aromatic N) is 1. The van der Waals surface area contributed by atoms with Crippen molar-refractivity contribution < 1.29 is 23.7 Å². The van der Waals surface area contributed by atoms with Gasteiger partial charge in [-0.05, 0) is 43.7 Å². The third-order valence-electron chi connectivity index (χ3n) is 4.07. The first kappa shape index (κ1) is 19.5. The lowest BCUT2D eigenvalue weighted by Crippen LogP contribution is -2.07. The van der Waals surface area contributed by atoms with Gasteiger partial charge >= 0.3 is 5.97 Å². The van der Waals surface area contributed by atoms with Crippen LogP contribution in [0.1, 0.15) is 19.4 Å². The summed E-state index contributed by atoms with van der Waals surface area (Å²) in [5, 5.41) is 0.808. The van der Waals surface area contributed by atoms with Gasteiger partial charge in [-0.15, -0.1) is 0 Å². The van der Waals surface area contributed by atoms with E-state index in [0.29, 0.717) is 36.2 Å². The van der Waals surface area contributed by atoms with E-state index in [1.54, 1.807) is 26.3 Å². The van der Waals surface area contributed by atoms with E-state index in [-0.39, 0.29) is 12.4 Å². The molecule has 1 aromatic heterocycles. The second-order valence-electron chi connectivity index (χ2n) is 5.99. The molecule has 0 saturated carbocycles. The Hall–Kier alpha value is -3.28. The van der Waals surface area contributed by atoms with E-state index in [1.807, 2.05) is 43.3 Å². The average molecular weight is 381 g/mol. The smallest absolute Gasteiger partial charge is 0.310 e. The van der Waals surface area contributed by atoms with Gasteiger partial charge in [-0.2, -0.15) is 0 Å². The van der Waals surface area contributed by atoms with Crippen molar-refractivity contribution in [3.05, 3.63) is 54.2 Å². The van der Waals surface area contributed by atoms with Crippen molar-refractivity contribution >= 4 is 16.9 Å². The Morgan fingerprint density at radius 2 is 1.86 bits per heavy atom. The SMILES string of the molecule is CCOC(=O)Cc1cccc(Oc2ccnc3cc(OC)c(OCC)cc23)c1. The lowest BCUT2D eigenvalue weighted by molar-refractivity contribution is -0.142. The molecule has 0 bridgehead atoms. The van der Waals surface area contributed by atoms with Crippen molar-refractivity contribution in [2.45, 2.75) is 20.3 Å². The van der Waals surface area contributed by atoms with Crippen LogP contribution in [0.15, 0.2) is 48.7 Å². The zero-order chi connectivity index (χ0) is 19.9. The van der Waals surface area contributed by atoms with Gasteiger partial charge in [0.25, 0.3) is 0 Å². The molecular weight excluding hydrogens is 358 g/mol. The van der Waals surface area contributed by atoms with Crippen LogP contribution in [0.25, 0.3) is 10.9 Å². The summed E-state index contributed by atoms with van der Waals surface area (Å²) in [5.74, 6) is 2.26. The summed E-state index contributed by atoms with van der Waals surface area (Å²) < 4.78 is 22.2. The molecule has 0 saturated heterocycles. The third kappa shape index (κ3) is 4.52. The zero-order valence-electron chi connectivity index (χ0n) is 16.2. The monoisotopic (exact) mass is 381 g/mol. The largest absolute Gasteiger partial charge is 0.493 e. The van der Waals surface area contributed by atoms with Gasteiger partial charge in [-0.3, -0.25) is 9.78 Å². The van der Waals surface area contributed by atoms with Gasteiger partial charge in [0, 0.05) is 17.6 Å². The maximum absolute atomic E-state index is 11.7. The van der Waals surface area contributed by atoms with Gasteiger partial charge in [0.15, 0.2) is 11.5 Å². The highest BCUT2D eigenvalue weighted by Gasteiger charge is 2.12. The predicted molar refractivity (Wildman–Crippen MR) is 106 cm³/mol. The number of rotatable bonds is 8. The Labute approximate surface area is 164 Å². The summed E-state index contributed by atoms with van der Waals surface area (Å²) in [7, 11) is 1.60. The van der Waals surface area contributed by atoms with Crippen molar-refractivity contribution in [1.82, 2.24) is 4.98 Å². The molecule has 3 aromatic rings. The van der Waals surface area contributed by atoms with Crippen molar-refractivity contribution in [2.75, 3.05) is 20.3 Å². The molecule has 0 spiro atoms. The minimum absolute atomic E-state index is 0.202. The quantitative estimate of drug-likeness (QED) is 0.534. The molecule has 0 radical (unpaired) electrons. The van der Waals surface area contributed by atoms with Crippen molar-refractivity contribution in [1.29, 1.82) is 0 Å². The molecule has 0 aliphatic carbocycles. The maximum Gasteiger partial charge on any atom is 0.310 e. The summed E-state index contributed by atoms with van der Waals surface area (Å²) >= 11 is 0. The Balaban J connectivity index is 1.92. The molecule has 28 heavy (non-hydrogen) atoms. The molecule has 0 fully saturated rings. The van der Waals surface area contributed by atoms with Crippen LogP contribution in [-0.4, -0.2) is 31.3 Å². The van der Waals surface area contributed by atoms with Gasteiger partial charge in [0.1, 0.15) is 11.5 Å². The van der Waals surface area contributed by atoms with Crippen LogP contribution in [0.5, 0.6) is 23.0 Å². The topological polar surface area (TPSA) is 66.9 Å². The van der Waals surface area contributed by atoms with E-state index in [1.165, 1.54) is 0 Å². The number of hydrogen-bond donors (Lipinski definition) is 0. The number of hydrogen-bond acceptors (Lipinski definition) is 6. The van der Waals surface area contributed by atoms with E-state index < -0.39 is 0 Å². The third-order valence-corrected chi connectivity index (χ3v) is 4.07. The molecule has 0 atom stereocenters. The molecule has 2 aromatic carbocycles. The summed E-state index contributed by atoms with van der Waals surface area (Å²) in [6.07, 6.45) is 1.88. The number of benzene rings is 2. The van der Waals surface area contributed by atoms with Gasteiger partial charge in [0.05, 0.1) is 32.3 Å². The first-order valence-corrected chi connectivity index (χ1v) is 9.16. The van der Waals surface area contributed by atoms with Crippen LogP contribution < -0.4 is 14.2 Å². The van der Waals surface area contributed by atoms with Gasteiger partial charge in [-0.25, -0.2) is 0 Å². The molecule has 6 nitrogen and oxygen atoms in total. The van der Waals surface area contributed by atoms with Crippen LogP contribution in [-0.2, 0) is 16.0 Å². The van der Waals surface area contributed by atoms with E-state index in [9.17, 15) is 4.79 Å². The second kappa shape index (κ2) is 9.08. The number of carbonyl (C=O) groups excluding carboxylic acids is 1. The van der Waals surface area contributed by atoms with Crippen LogP contribution in [0.3, 0.4) is 0 Å². The maximum atomic E-state index is 11.7. The molecule has 146 valence electrons.